The fraction of sp³-hybridized carbons (Fsp3) is 0. The molecule has 0 amide bonds. The van der Waals surface area contributed by atoms with Gasteiger partial charge in [0, 0.05) is 5.56 Å². The number of aromatic nitrogens is 1. The molecule has 0 atom stereocenters. The van der Waals surface area contributed by atoms with Crippen LogP contribution in [0.1, 0.15) is 11.3 Å². The summed E-state index contributed by atoms with van der Waals surface area (Å²) in [5.41, 5.74) is 1.63. The molecule has 0 spiro atoms. The van der Waals surface area contributed by atoms with Gasteiger partial charge < -0.3 is 0 Å². The maximum Gasteiger partial charge on any atom is 0.156 e. The molecule has 0 aliphatic carbocycles. The van der Waals surface area contributed by atoms with Gasteiger partial charge in [-0.3, -0.25) is 0 Å². The lowest BCUT2D eigenvalue weighted by atomic mass is 10.2. The predicted molar refractivity (Wildman–Crippen MR) is 72.3 cm³/mol. The van der Waals surface area contributed by atoms with E-state index in [2.05, 4.69) is 39.4 Å². The molecule has 2 rings (SSSR count). The molecule has 4 heteroatoms. The van der Waals surface area contributed by atoms with Gasteiger partial charge in [-0.15, -0.1) is 0 Å². The monoisotopic (exact) mass is 345 g/mol. The summed E-state index contributed by atoms with van der Waals surface area (Å²) in [5.74, 6) is 5.98. The average molecular weight is 346 g/mol. The fourth-order valence-electron chi connectivity index (χ4n) is 1.01. The van der Waals surface area contributed by atoms with E-state index in [-0.39, 0.29) is 0 Å². The molecular weight excluding hydrogens is 341 g/mol. The van der Waals surface area contributed by atoms with Crippen molar-refractivity contribution in [2.24, 2.45) is 0 Å². The summed E-state index contributed by atoms with van der Waals surface area (Å²) >= 11 is 9.54. The molecule has 0 aliphatic heterocycles. The van der Waals surface area contributed by atoms with Crippen LogP contribution in [0.4, 0.5) is 0 Å². The van der Waals surface area contributed by atoms with Gasteiger partial charge >= 0.3 is 0 Å². The minimum atomic E-state index is 0.655. The molecule has 74 valence electrons. The molecule has 0 saturated heterocycles. The molecule has 2 aromatic rings. The third-order valence-electron chi connectivity index (χ3n) is 1.66. The lowest BCUT2D eigenvalue weighted by Crippen LogP contribution is -1.76. The molecule has 0 fully saturated rings. The van der Waals surface area contributed by atoms with E-state index in [0.29, 0.717) is 10.0 Å². The Morgan fingerprint density at radius 3 is 2.53 bits per heavy atom. The van der Waals surface area contributed by atoms with E-state index in [4.69, 9.17) is 11.6 Å². The Kier molecular flexibility index (Phi) is 3.62. The Labute approximate surface area is 111 Å². The number of benzene rings is 1. The highest BCUT2D eigenvalue weighted by atomic mass is 127. The first-order chi connectivity index (χ1) is 7.25. The van der Waals surface area contributed by atoms with Crippen LogP contribution in [0, 0.1) is 14.9 Å². The summed E-state index contributed by atoms with van der Waals surface area (Å²) in [6.07, 6.45) is 0. The Hall–Kier alpha value is -0.570. The van der Waals surface area contributed by atoms with Crippen LogP contribution in [0.15, 0.2) is 30.3 Å². The molecule has 15 heavy (non-hydrogen) atoms. The van der Waals surface area contributed by atoms with E-state index in [9.17, 15) is 0 Å². The van der Waals surface area contributed by atoms with Crippen molar-refractivity contribution in [2.45, 2.75) is 0 Å². The third-order valence-corrected chi connectivity index (χ3v) is 3.60. The topological polar surface area (TPSA) is 12.9 Å². The van der Waals surface area contributed by atoms with Crippen molar-refractivity contribution < 1.29 is 0 Å². The number of nitrogens with zero attached hydrogens (tertiary/aromatic N) is 1. The Morgan fingerprint density at radius 2 is 1.93 bits per heavy atom. The van der Waals surface area contributed by atoms with Crippen LogP contribution in [-0.4, -0.2) is 4.98 Å². The van der Waals surface area contributed by atoms with Gasteiger partial charge in [0.25, 0.3) is 0 Å². The predicted octanol–water partition coefficient (Wildman–Crippen LogP) is 3.80. The van der Waals surface area contributed by atoms with Crippen LogP contribution in [-0.2, 0) is 0 Å². The molecule has 1 nitrogen and oxygen atoms in total. The van der Waals surface area contributed by atoms with E-state index in [0.717, 1.165) is 8.58 Å². The summed E-state index contributed by atoms with van der Waals surface area (Å²) in [7, 11) is 0. The zero-order valence-corrected chi connectivity index (χ0v) is 11.2. The number of hydrogen-bond acceptors (Lipinski definition) is 2. The maximum absolute atomic E-state index is 5.96. The van der Waals surface area contributed by atoms with Crippen LogP contribution in [0.25, 0.3) is 0 Å². The molecular formula is C11H5ClINS. The first kappa shape index (κ1) is 10.9. The first-order valence-corrected chi connectivity index (χ1v) is 6.42. The van der Waals surface area contributed by atoms with E-state index in [1.807, 2.05) is 30.3 Å². The van der Waals surface area contributed by atoms with Crippen molar-refractivity contribution in [2.75, 3.05) is 0 Å². The van der Waals surface area contributed by atoms with E-state index in [1.165, 1.54) is 11.3 Å². The second-order valence-corrected chi connectivity index (χ2v) is 6.06. The van der Waals surface area contributed by atoms with Gasteiger partial charge in [-0.1, -0.05) is 47.1 Å². The zero-order chi connectivity index (χ0) is 10.7. The van der Waals surface area contributed by atoms with Crippen molar-refractivity contribution in [3.63, 3.8) is 0 Å². The molecule has 0 radical (unpaired) electrons. The van der Waals surface area contributed by atoms with Gasteiger partial charge in [0.05, 0.1) is 0 Å². The largest absolute Gasteiger partial charge is 0.220 e. The Balaban J connectivity index is 2.30. The van der Waals surface area contributed by atoms with Crippen LogP contribution in [0.2, 0.25) is 4.34 Å². The lowest BCUT2D eigenvalue weighted by Gasteiger charge is -1.85. The Morgan fingerprint density at radius 1 is 1.20 bits per heavy atom. The molecule has 1 aromatic heterocycles. The van der Waals surface area contributed by atoms with Crippen molar-refractivity contribution in [1.29, 1.82) is 0 Å². The molecule has 0 N–H and O–H groups in total. The van der Waals surface area contributed by atoms with Gasteiger partial charge in [-0.2, -0.15) is 0 Å². The fourth-order valence-corrected chi connectivity index (χ4v) is 3.09. The highest BCUT2D eigenvalue weighted by Gasteiger charge is 2.03. The summed E-state index contributed by atoms with van der Waals surface area (Å²) < 4.78 is 1.57. The van der Waals surface area contributed by atoms with E-state index in [1.54, 1.807) is 0 Å². The summed E-state index contributed by atoms with van der Waals surface area (Å²) in [6.45, 7) is 0. The normalized spacial score (nSPS) is 9.47. The lowest BCUT2D eigenvalue weighted by molar-refractivity contribution is 1.33. The number of hydrogen-bond donors (Lipinski definition) is 0. The minimum Gasteiger partial charge on any atom is -0.220 e. The quantitative estimate of drug-likeness (QED) is 0.523. The SMILES string of the molecule is Clc1sc(I)nc1C#Cc1ccccc1. The molecule has 1 heterocycles. The van der Waals surface area contributed by atoms with Crippen LogP contribution >= 0.6 is 45.5 Å². The van der Waals surface area contributed by atoms with Gasteiger partial charge in [-0.05, 0) is 40.6 Å². The van der Waals surface area contributed by atoms with Crippen LogP contribution in [0.5, 0.6) is 0 Å². The second kappa shape index (κ2) is 4.97. The third kappa shape index (κ3) is 2.94. The average Bonchev–Trinajstić information content (AvgIpc) is 2.56. The molecule has 0 bridgehead atoms. The molecule has 0 aliphatic rings. The van der Waals surface area contributed by atoms with Crippen molar-refractivity contribution >= 4 is 45.5 Å². The van der Waals surface area contributed by atoms with E-state index >= 15 is 0 Å². The summed E-state index contributed by atoms with van der Waals surface area (Å²) in [4.78, 5) is 4.22. The number of rotatable bonds is 0. The van der Waals surface area contributed by atoms with Crippen LogP contribution < -0.4 is 0 Å². The van der Waals surface area contributed by atoms with Crippen molar-refractivity contribution in [1.82, 2.24) is 4.98 Å². The molecule has 0 saturated carbocycles. The molecule has 0 unspecified atom stereocenters. The molecule has 1 aromatic carbocycles. The Bertz CT molecular complexity index is 525. The van der Waals surface area contributed by atoms with Gasteiger partial charge in [-0.25, -0.2) is 4.98 Å². The van der Waals surface area contributed by atoms with E-state index < -0.39 is 0 Å². The van der Waals surface area contributed by atoms with Gasteiger partial charge in [0.2, 0.25) is 0 Å². The van der Waals surface area contributed by atoms with Crippen molar-refractivity contribution in [3.05, 3.63) is 48.9 Å². The number of halogens is 2. The highest BCUT2D eigenvalue weighted by molar-refractivity contribution is 14.1. The zero-order valence-electron chi connectivity index (χ0n) is 7.50. The standard InChI is InChI=1S/C11H5ClINS/c12-10-9(14-11(13)15-10)7-6-8-4-2-1-3-5-8/h1-5H. The summed E-state index contributed by atoms with van der Waals surface area (Å²) in [6, 6.07) is 9.78. The second-order valence-electron chi connectivity index (χ2n) is 2.71. The minimum absolute atomic E-state index is 0.655. The smallest absolute Gasteiger partial charge is 0.156 e. The van der Waals surface area contributed by atoms with Crippen molar-refractivity contribution in [3.8, 4) is 11.8 Å². The number of thiazole rings is 1. The van der Waals surface area contributed by atoms with Gasteiger partial charge in [0.15, 0.2) is 3.01 Å². The van der Waals surface area contributed by atoms with Crippen LogP contribution in [0.3, 0.4) is 0 Å². The highest BCUT2D eigenvalue weighted by Crippen LogP contribution is 2.24. The van der Waals surface area contributed by atoms with Gasteiger partial charge in [0.1, 0.15) is 10.0 Å². The summed E-state index contributed by atoms with van der Waals surface area (Å²) in [5, 5.41) is 0. The first-order valence-electron chi connectivity index (χ1n) is 4.14. The maximum atomic E-state index is 5.96.